The number of methoxy groups -OCH3 is 2. The summed E-state index contributed by atoms with van der Waals surface area (Å²) in [6.45, 7) is 0. The van der Waals surface area contributed by atoms with Gasteiger partial charge < -0.3 is 25.3 Å². The fourth-order valence-electron chi connectivity index (χ4n) is 2.35. The molecule has 0 unspecified atom stereocenters. The SMILES string of the molecule is COc1cc2ncnc(Oc3ccc(NC(N)=O)c(F)c3)c2cc1OC. The molecule has 0 aliphatic heterocycles. The van der Waals surface area contributed by atoms with Crippen molar-refractivity contribution in [3.05, 3.63) is 42.5 Å². The fraction of sp³-hybridized carbons (Fsp3) is 0.118. The molecule has 0 saturated heterocycles. The lowest BCUT2D eigenvalue weighted by atomic mass is 10.2. The maximum atomic E-state index is 14.0. The molecule has 0 spiro atoms. The van der Waals surface area contributed by atoms with Crippen molar-refractivity contribution in [1.82, 2.24) is 9.97 Å². The van der Waals surface area contributed by atoms with E-state index in [1.54, 1.807) is 12.1 Å². The van der Waals surface area contributed by atoms with Crippen molar-refractivity contribution >= 4 is 22.6 Å². The van der Waals surface area contributed by atoms with E-state index in [1.165, 1.54) is 32.7 Å². The van der Waals surface area contributed by atoms with E-state index in [-0.39, 0.29) is 17.3 Å². The average molecular weight is 358 g/mol. The smallest absolute Gasteiger partial charge is 0.316 e. The van der Waals surface area contributed by atoms with Crippen LogP contribution in [0.25, 0.3) is 10.9 Å². The van der Waals surface area contributed by atoms with Gasteiger partial charge in [-0.1, -0.05) is 0 Å². The Bertz CT molecular complexity index is 980. The number of benzene rings is 2. The first kappa shape index (κ1) is 17.2. The molecule has 0 bridgehead atoms. The van der Waals surface area contributed by atoms with Gasteiger partial charge in [0.1, 0.15) is 17.9 Å². The number of fused-ring (bicyclic) bond motifs is 1. The number of amides is 2. The first-order chi connectivity index (χ1) is 12.5. The van der Waals surface area contributed by atoms with Crippen LogP contribution < -0.4 is 25.3 Å². The normalized spacial score (nSPS) is 10.4. The van der Waals surface area contributed by atoms with Gasteiger partial charge in [0.2, 0.25) is 5.88 Å². The zero-order valence-electron chi connectivity index (χ0n) is 13.9. The Balaban J connectivity index is 1.98. The molecule has 0 saturated carbocycles. The fourth-order valence-corrected chi connectivity index (χ4v) is 2.35. The molecule has 1 heterocycles. The number of ether oxygens (including phenoxy) is 3. The minimum absolute atomic E-state index is 0.0520. The highest BCUT2D eigenvalue weighted by molar-refractivity contribution is 5.88. The maximum absolute atomic E-state index is 14.0. The molecule has 3 rings (SSSR count). The minimum Gasteiger partial charge on any atom is -0.493 e. The molecule has 3 aromatic rings. The number of rotatable bonds is 5. The molecule has 2 aromatic carbocycles. The number of aromatic nitrogens is 2. The van der Waals surface area contributed by atoms with Crippen molar-refractivity contribution in [3.63, 3.8) is 0 Å². The molecule has 0 aliphatic carbocycles. The van der Waals surface area contributed by atoms with Gasteiger partial charge in [0, 0.05) is 12.1 Å². The first-order valence-electron chi connectivity index (χ1n) is 7.42. The van der Waals surface area contributed by atoms with E-state index >= 15 is 0 Å². The van der Waals surface area contributed by atoms with Crippen molar-refractivity contribution in [2.45, 2.75) is 0 Å². The van der Waals surface area contributed by atoms with Crippen LogP contribution in [0, 0.1) is 5.82 Å². The van der Waals surface area contributed by atoms with Crippen LogP contribution in [-0.2, 0) is 0 Å². The van der Waals surface area contributed by atoms with Crippen LogP contribution in [-0.4, -0.2) is 30.2 Å². The van der Waals surface area contributed by atoms with Crippen LogP contribution in [0.1, 0.15) is 0 Å². The molecule has 9 heteroatoms. The molecule has 0 aliphatic rings. The molecule has 0 fully saturated rings. The summed E-state index contributed by atoms with van der Waals surface area (Å²) in [5, 5.41) is 2.73. The second-order valence-corrected chi connectivity index (χ2v) is 5.14. The van der Waals surface area contributed by atoms with Gasteiger partial charge in [-0.2, -0.15) is 0 Å². The van der Waals surface area contributed by atoms with Crippen LogP contribution >= 0.6 is 0 Å². The van der Waals surface area contributed by atoms with E-state index < -0.39 is 11.8 Å². The lowest BCUT2D eigenvalue weighted by Gasteiger charge is -2.12. The monoisotopic (exact) mass is 358 g/mol. The number of carbonyl (C=O) groups is 1. The summed E-state index contributed by atoms with van der Waals surface area (Å²) in [5.74, 6) is 0.696. The number of urea groups is 1. The Morgan fingerprint density at radius 2 is 1.85 bits per heavy atom. The zero-order valence-corrected chi connectivity index (χ0v) is 13.9. The number of hydrogen-bond acceptors (Lipinski definition) is 6. The van der Waals surface area contributed by atoms with E-state index in [2.05, 4.69) is 15.3 Å². The largest absolute Gasteiger partial charge is 0.493 e. The Morgan fingerprint density at radius 3 is 2.50 bits per heavy atom. The number of nitrogens with one attached hydrogen (secondary N) is 1. The number of anilines is 1. The highest BCUT2D eigenvalue weighted by Gasteiger charge is 2.13. The number of nitrogens with two attached hydrogens (primary N) is 1. The number of nitrogens with zero attached hydrogens (tertiary/aromatic N) is 2. The van der Waals surface area contributed by atoms with Gasteiger partial charge in [0.15, 0.2) is 11.5 Å². The number of carbonyl (C=O) groups excluding carboxylic acids is 1. The van der Waals surface area contributed by atoms with Gasteiger partial charge >= 0.3 is 6.03 Å². The third-order valence-electron chi connectivity index (χ3n) is 3.52. The summed E-state index contributed by atoms with van der Waals surface area (Å²) < 4.78 is 30.2. The van der Waals surface area contributed by atoms with Crippen molar-refractivity contribution in [2.24, 2.45) is 5.73 Å². The van der Waals surface area contributed by atoms with Gasteiger partial charge in [-0.3, -0.25) is 0 Å². The predicted octanol–water partition coefficient (Wildman–Crippen LogP) is 3.07. The van der Waals surface area contributed by atoms with Crippen LogP contribution in [0.15, 0.2) is 36.7 Å². The number of hydrogen-bond donors (Lipinski definition) is 2. The van der Waals surface area contributed by atoms with Crippen molar-refractivity contribution in [2.75, 3.05) is 19.5 Å². The van der Waals surface area contributed by atoms with Gasteiger partial charge in [-0.25, -0.2) is 19.2 Å². The van der Waals surface area contributed by atoms with Gasteiger partial charge in [0.25, 0.3) is 0 Å². The molecule has 134 valence electrons. The van der Waals surface area contributed by atoms with Crippen LogP contribution in [0.4, 0.5) is 14.9 Å². The minimum atomic E-state index is -0.861. The van der Waals surface area contributed by atoms with Crippen LogP contribution in [0.2, 0.25) is 0 Å². The van der Waals surface area contributed by atoms with E-state index in [0.29, 0.717) is 22.4 Å². The summed E-state index contributed by atoms with van der Waals surface area (Å²) in [7, 11) is 3.03. The molecule has 3 N–H and O–H groups in total. The molecule has 26 heavy (non-hydrogen) atoms. The van der Waals surface area contributed by atoms with Crippen LogP contribution in [0.3, 0.4) is 0 Å². The van der Waals surface area contributed by atoms with E-state index in [0.717, 1.165) is 6.07 Å². The Morgan fingerprint density at radius 1 is 1.12 bits per heavy atom. The average Bonchev–Trinajstić information content (AvgIpc) is 2.62. The summed E-state index contributed by atoms with van der Waals surface area (Å²) in [6, 6.07) is 6.41. The summed E-state index contributed by atoms with van der Waals surface area (Å²) in [4.78, 5) is 19.1. The lowest BCUT2D eigenvalue weighted by Crippen LogP contribution is -2.19. The Hall–Kier alpha value is -3.62. The molecule has 1 aromatic heterocycles. The van der Waals surface area contributed by atoms with Crippen LogP contribution in [0.5, 0.6) is 23.1 Å². The van der Waals surface area contributed by atoms with E-state index in [9.17, 15) is 9.18 Å². The van der Waals surface area contributed by atoms with Crippen molar-refractivity contribution in [3.8, 4) is 23.1 Å². The van der Waals surface area contributed by atoms with Gasteiger partial charge in [-0.05, 0) is 18.2 Å². The van der Waals surface area contributed by atoms with E-state index in [4.69, 9.17) is 19.9 Å². The van der Waals surface area contributed by atoms with Gasteiger partial charge in [-0.15, -0.1) is 0 Å². The van der Waals surface area contributed by atoms with Gasteiger partial charge in [0.05, 0.1) is 30.8 Å². The molecular formula is C17H15FN4O4. The third kappa shape index (κ3) is 3.41. The summed E-state index contributed by atoms with van der Waals surface area (Å²) >= 11 is 0. The third-order valence-corrected chi connectivity index (χ3v) is 3.52. The number of halogens is 1. The number of primary amides is 1. The molecule has 0 radical (unpaired) electrons. The van der Waals surface area contributed by atoms with E-state index in [1.807, 2.05) is 0 Å². The lowest BCUT2D eigenvalue weighted by molar-refractivity contribution is 0.259. The quantitative estimate of drug-likeness (QED) is 0.725. The Labute approximate surface area is 147 Å². The highest BCUT2D eigenvalue weighted by atomic mass is 19.1. The summed E-state index contributed by atoms with van der Waals surface area (Å²) in [6.07, 6.45) is 1.32. The standard InChI is InChI=1S/C17H15FN4O4/c1-24-14-6-10-13(7-15(14)25-2)20-8-21-16(10)26-9-3-4-12(11(18)5-9)22-17(19)23/h3-8H,1-2H3,(H3,19,22,23). The summed E-state index contributed by atoms with van der Waals surface area (Å²) in [5.41, 5.74) is 5.50. The highest BCUT2D eigenvalue weighted by Crippen LogP contribution is 2.36. The second kappa shape index (κ2) is 7.09. The second-order valence-electron chi connectivity index (χ2n) is 5.14. The molecular weight excluding hydrogens is 343 g/mol. The Kier molecular flexibility index (Phi) is 4.70. The maximum Gasteiger partial charge on any atom is 0.316 e. The predicted molar refractivity (Wildman–Crippen MR) is 92.3 cm³/mol. The molecule has 0 atom stereocenters. The first-order valence-corrected chi connectivity index (χ1v) is 7.42. The molecule has 2 amide bonds. The van der Waals surface area contributed by atoms with Crippen molar-refractivity contribution in [1.29, 1.82) is 0 Å². The topological polar surface area (TPSA) is 109 Å². The molecule has 8 nitrogen and oxygen atoms in total. The van der Waals surface area contributed by atoms with Crippen molar-refractivity contribution < 1.29 is 23.4 Å². The zero-order chi connectivity index (χ0) is 18.7.